The number of aliphatic hydroxyl groups excluding tert-OH is 1. The molecule has 2 rings (SSSR count). The summed E-state index contributed by atoms with van der Waals surface area (Å²) in [5, 5.41) is 10.1. The third-order valence-corrected chi connectivity index (χ3v) is 2.61. The van der Waals surface area contributed by atoms with Crippen LogP contribution >= 0.6 is 0 Å². The number of hydrogen-bond acceptors (Lipinski definition) is 2. The number of rotatable bonds is 3. The Morgan fingerprint density at radius 3 is 2.47 bits per heavy atom. The summed E-state index contributed by atoms with van der Waals surface area (Å²) in [7, 11) is 1.51. The number of halogens is 1. The van der Waals surface area contributed by atoms with Crippen molar-refractivity contribution in [1.82, 2.24) is 0 Å². The number of ether oxygens (including phenoxy) is 1. The molecule has 0 radical (unpaired) electrons. The Hall–Kier alpha value is -1.87. The quantitative estimate of drug-likeness (QED) is 0.881. The molecule has 0 bridgehead atoms. The summed E-state index contributed by atoms with van der Waals surface area (Å²) in [6.07, 6.45) is -0.980. The van der Waals surface area contributed by atoms with Crippen LogP contribution in [0.2, 0.25) is 0 Å². The van der Waals surface area contributed by atoms with E-state index in [0.29, 0.717) is 11.3 Å². The van der Waals surface area contributed by atoms with E-state index >= 15 is 0 Å². The molecule has 0 aliphatic carbocycles. The van der Waals surface area contributed by atoms with Gasteiger partial charge in [0.15, 0.2) is 0 Å². The predicted octanol–water partition coefficient (Wildman–Crippen LogP) is 2.92. The summed E-state index contributed by atoms with van der Waals surface area (Å²) in [4.78, 5) is 0. The van der Waals surface area contributed by atoms with E-state index in [1.807, 2.05) is 6.07 Å². The Morgan fingerprint density at radius 2 is 1.82 bits per heavy atom. The van der Waals surface area contributed by atoms with Gasteiger partial charge in [0, 0.05) is 5.56 Å². The molecule has 0 fully saturated rings. The van der Waals surface area contributed by atoms with Gasteiger partial charge in [-0.15, -0.1) is 0 Å². The average Bonchev–Trinajstić information content (AvgIpc) is 2.39. The summed E-state index contributed by atoms with van der Waals surface area (Å²) in [5.74, 6) is 0.0820. The number of methoxy groups -OCH3 is 1. The number of aliphatic hydroxyl groups is 1. The summed E-state index contributed by atoms with van der Waals surface area (Å²) >= 11 is 0. The van der Waals surface area contributed by atoms with Gasteiger partial charge in [0.2, 0.25) is 0 Å². The third kappa shape index (κ3) is 2.45. The van der Waals surface area contributed by atoms with Crippen molar-refractivity contribution in [3.8, 4) is 5.75 Å². The fourth-order valence-electron chi connectivity index (χ4n) is 1.67. The molecule has 1 atom stereocenters. The standard InChI is InChI=1S/C14H13FO2/c1-17-11-7-8-13(15)12(9-11)14(16)10-5-3-2-4-6-10/h2-9,14,16H,1H3. The van der Waals surface area contributed by atoms with Gasteiger partial charge in [-0.3, -0.25) is 0 Å². The summed E-state index contributed by atoms with van der Waals surface area (Å²) in [6.45, 7) is 0. The van der Waals surface area contributed by atoms with Gasteiger partial charge >= 0.3 is 0 Å². The normalized spacial score (nSPS) is 12.2. The predicted molar refractivity (Wildman–Crippen MR) is 63.5 cm³/mol. The molecule has 0 aliphatic heterocycles. The summed E-state index contributed by atoms with van der Waals surface area (Å²) in [6, 6.07) is 13.3. The maximum Gasteiger partial charge on any atom is 0.129 e. The van der Waals surface area contributed by atoms with Crippen LogP contribution in [0.4, 0.5) is 4.39 Å². The molecular weight excluding hydrogens is 219 g/mol. The first-order valence-corrected chi connectivity index (χ1v) is 5.29. The Labute approximate surface area is 99.3 Å². The first-order valence-electron chi connectivity index (χ1n) is 5.29. The molecule has 0 saturated carbocycles. The zero-order valence-corrected chi connectivity index (χ0v) is 9.43. The van der Waals surface area contributed by atoms with E-state index in [1.54, 1.807) is 24.3 Å². The van der Waals surface area contributed by atoms with Crippen molar-refractivity contribution >= 4 is 0 Å². The molecule has 0 aromatic heterocycles. The van der Waals surface area contributed by atoms with Gasteiger partial charge in [0.05, 0.1) is 7.11 Å². The summed E-state index contributed by atoms with van der Waals surface area (Å²) in [5.41, 5.74) is 0.871. The lowest BCUT2D eigenvalue weighted by molar-refractivity contribution is 0.214. The zero-order chi connectivity index (χ0) is 12.3. The lowest BCUT2D eigenvalue weighted by Gasteiger charge is -2.13. The van der Waals surface area contributed by atoms with E-state index in [9.17, 15) is 9.50 Å². The lowest BCUT2D eigenvalue weighted by Crippen LogP contribution is -2.02. The minimum absolute atomic E-state index is 0.218. The Bertz CT molecular complexity index is 497. The van der Waals surface area contributed by atoms with Gasteiger partial charge in [0.25, 0.3) is 0 Å². The smallest absolute Gasteiger partial charge is 0.129 e. The van der Waals surface area contributed by atoms with Crippen LogP contribution in [0.15, 0.2) is 48.5 Å². The van der Waals surface area contributed by atoms with Crippen LogP contribution in [0.25, 0.3) is 0 Å². The van der Waals surface area contributed by atoms with Gasteiger partial charge in [-0.2, -0.15) is 0 Å². The third-order valence-electron chi connectivity index (χ3n) is 2.61. The van der Waals surface area contributed by atoms with Crippen molar-refractivity contribution in [3.05, 3.63) is 65.5 Å². The minimum atomic E-state index is -0.980. The Kier molecular flexibility index (Phi) is 3.40. The molecule has 88 valence electrons. The molecule has 2 nitrogen and oxygen atoms in total. The maximum atomic E-state index is 13.6. The molecule has 2 aromatic rings. The van der Waals surface area contributed by atoms with Gasteiger partial charge in [-0.05, 0) is 23.8 Å². The van der Waals surface area contributed by atoms with E-state index < -0.39 is 11.9 Å². The van der Waals surface area contributed by atoms with Crippen LogP contribution in [0.3, 0.4) is 0 Å². The monoisotopic (exact) mass is 232 g/mol. The van der Waals surface area contributed by atoms with Crippen LogP contribution in [0.5, 0.6) is 5.75 Å². The van der Waals surface area contributed by atoms with Gasteiger partial charge < -0.3 is 9.84 Å². The molecule has 17 heavy (non-hydrogen) atoms. The molecule has 0 amide bonds. The topological polar surface area (TPSA) is 29.5 Å². The Morgan fingerprint density at radius 1 is 1.12 bits per heavy atom. The first-order chi connectivity index (χ1) is 8.22. The Balaban J connectivity index is 2.40. The van der Waals surface area contributed by atoms with Crippen molar-refractivity contribution in [1.29, 1.82) is 0 Å². The second kappa shape index (κ2) is 4.97. The van der Waals surface area contributed by atoms with Crippen LogP contribution in [0, 0.1) is 5.82 Å². The van der Waals surface area contributed by atoms with Gasteiger partial charge in [-0.25, -0.2) is 4.39 Å². The molecule has 1 unspecified atom stereocenters. The van der Waals surface area contributed by atoms with Crippen LogP contribution in [-0.4, -0.2) is 12.2 Å². The van der Waals surface area contributed by atoms with E-state index in [1.165, 1.54) is 25.3 Å². The van der Waals surface area contributed by atoms with Crippen molar-refractivity contribution in [3.63, 3.8) is 0 Å². The van der Waals surface area contributed by atoms with Crippen molar-refractivity contribution in [2.24, 2.45) is 0 Å². The second-order valence-corrected chi connectivity index (χ2v) is 3.70. The van der Waals surface area contributed by atoms with Crippen LogP contribution in [-0.2, 0) is 0 Å². The average molecular weight is 232 g/mol. The fraction of sp³-hybridized carbons (Fsp3) is 0.143. The SMILES string of the molecule is COc1ccc(F)c(C(O)c2ccccc2)c1. The maximum absolute atomic E-state index is 13.6. The van der Waals surface area contributed by atoms with E-state index in [4.69, 9.17) is 4.74 Å². The molecule has 0 spiro atoms. The highest BCUT2D eigenvalue weighted by Crippen LogP contribution is 2.27. The zero-order valence-electron chi connectivity index (χ0n) is 9.43. The van der Waals surface area contributed by atoms with Gasteiger partial charge in [-0.1, -0.05) is 30.3 Å². The van der Waals surface area contributed by atoms with Crippen LogP contribution < -0.4 is 4.74 Å². The molecular formula is C14H13FO2. The van der Waals surface area contributed by atoms with E-state index in [-0.39, 0.29) is 5.56 Å². The van der Waals surface area contributed by atoms with Crippen LogP contribution in [0.1, 0.15) is 17.2 Å². The molecule has 2 aromatic carbocycles. The molecule has 1 N–H and O–H groups in total. The van der Waals surface area contributed by atoms with Crippen molar-refractivity contribution in [2.45, 2.75) is 6.10 Å². The second-order valence-electron chi connectivity index (χ2n) is 3.70. The fourth-order valence-corrected chi connectivity index (χ4v) is 1.67. The highest BCUT2D eigenvalue weighted by molar-refractivity contribution is 5.36. The highest BCUT2D eigenvalue weighted by Gasteiger charge is 2.15. The lowest BCUT2D eigenvalue weighted by atomic mass is 10.0. The van der Waals surface area contributed by atoms with Gasteiger partial charge in [0.1, 0.15) is 17.7 Å². The van der Waals surface area contributed by atoms with E-state index in [0.717, 1.165) is 0 Å². The van der Waals surface area contributed by atoms with Crippen molar-refractivity contribution < 1.29 is 14.2 Å². The molecule has 0 aliphatic rings. The number of benzene rings is 2. The van der Waals surface area contributed by atoms with E-state index in [2.05, 4.69) is 0 Å². The summed E-state index contributed by atoms with van der Waals surface area (Å²) < 4.78 is 18.6. The number of hydrogen-bond donors (Lipinski definition) is 1. The minimum Gasteiger partial charge on any atom is -0.497 e. The highest BCUT2D eigenvalue weighted by atomic mass is 19.1. The largest absolute Gasteiger partial charge is 0.497 e. The van der Waals surface area contributed by atoms with Crippen molar-refractivity contribution in [2.75, 3.05) is 7.11 Å². The molecule has 0 saturated heterocycles. The first kappa shape index (κ1) is 11.6. The molecule has 0 heterocycles. The molecule has 3 heteroatoms.